The van der Waals surface area contributed by atoms with Gasteiger partial charge in [-0.05, 0) is 50.2 Å². The molecule has 2 atom stereocenters. The molecule has 0 radical (unpaired) electrons. The van der Waals surface area contributed by atoms with Crippen molar-refractivity contribution in [2.24, 2.45) is 0 Å². The van der Waals surface area contributed by atoms with Crippen LogP contribution in [-0.2, 0) is 9.47 Å². The zero-order valence-corrected chi connectivity index (χ0v) is 21.5. The first-order valence-corrected chi connectivity index (χ1v) is 14.4. The molecule has 0 spiro atoms. The van der Waals surface area contributed by atoms with Crippen LogP contribution in [0.15, 0.2) is 18.2 Å². The van der Waals surface area contributed by atoms with Gasteiger partial charge in [0, 0.05) is 5.56 Å². The Morgan fingerprint density at radius 1 is 0.727 bits per heavy atom. The van der Waals surface area contributed by atoms with Crippen LogP contribution in [0.5, 0.6) is 5.75 Å². The summed E-state index contributed by atoms with van der Waals surface area (Å²) >= 11 is 0. The van der Waals surface area contributed by atoms with Crippen LogP contribution in [0.3, 0.4) is 0 Å². The minimum atomic E-state index is -0.0283. The lowest BCUT2D eigenvalue weighted by Gasteiger charge is -2.33. The Labute approximate surface area is 203 Å². The number of benzene rings is 1. The van der Waals surface area contributed by atoms with Gasteiger partial charge in [-0.3, -0.25) is 0 Å². The highest BCUT2D eigenvalue weighted by molar-refractivity contribution is 5.42. The molecule has 3 nitrogen and oxygen atoms in total. The van der Waals surface area contributed by atoms with Crippen molar-refractivity contribution in [1.82, 2.24) is 0 Å². The number of phenolic OH excluding ortho intramolecular Hbond substituents is 1. The van der Waals surface area contributed by atoms with Gasteiger partial charge in [0.2, 0.25) is 0 Å². The maximum absolute atomic E-state index is 11.1. The van der Waals surface area contributed by atoms with Gasteiger partial charge in [-0.15, -0.1) is 0 Å². The topological polar surface area (TPSA) is 38.7 Å². The molecule has 0 aromatic heterocycles. The maximum atomic E-state index is 11.1. The first-order valence-electron chi connectivity index (χ1n) is 14.4. The van der Waals surface area contributed by atoms with E-state index in [-0.39, 0.29) is 12.2 Å². The highest BCUT2D eigenvalue weighted by Gasteiger charge is 2.29. The first kappa shape index (κ1) is 26.5. The quantitative estimate of drug-likeness (QED) is 0.282. The fraction of sp³-hybridized carbons (Fsp3) is 0.800. The fourth-order valence-electron chi connectivity index (χ4n) is 5.81. The SMILES string of the molecule is CCCCCC(OC1CCCCC1)c1cccc(O)c1C(CCCCC)OC1CCCCC1. The van der Waals surface area contributed by atoms with E-state index < -0.39 is 0 Å². The van der Waals surface area contributed by atoms with Gasteiger partial charge in [0.05, 0.1) is 24.4 Å². The standard InChI is InChI=1S/C30H50O3/c1-3-5-9-22-28(32-24-16-11-7-12-17-24)26-20-15-21-27(31)30(26)29(23-10-6-4-2)33-25-18-13-8-14-19-25/h15,20-21,24-25,28-29,31H,3-14,16-19,22-23H2,1-2H3. The fourth-order valence-corrected chi connectivity index (χ4v) is 5.81. The third-order valence-corrected chi connectivity index (χ3v) is 7.74. The Hall–Kier alpha value is -1.06. The van der Waals surface area contributed by atoms with Crippen LogP contribution >= 0.6 is 0 Å². The average molecular weight is 459 g/mol. The van der Waals surface area contributed by atoms with Crippen LogP contribution in [0.25, 0.3) is 0 Å². The summed E-state index contributed by atoms with van der Waals surface area (Å²) in [5.74, 6) is 0.401. The second-order valence-corrected chi connectivity index (χ2v) is 10.5. The predicted octanol–water partition coefficient (Wildman–Crippen LogP) is 9.33. The Bertz CT molecular complexity index is 646. The first-order chi connectivity index (χ1) is 16.2. The van der Waals surface area contributed by atoms with Crippen molar-refractivity contribution in [2.45, 2.75) is 154 Å². The van der Waals surface area contributed by atoms with Crippen molar-refractivity contribution >= 4 is 0 Å². The normalized spacial score (nSPS) is 20.1. The average Bonchev–Trinajstić information content (AvgIpc) is 2.84. The van der Waals surface area contributed by atoms with Gasteiger partial charge >= 0.3 is 0 Å². The molecule has 0 bridgehead atoms. The lowest BCUT2D eigenvalue weighted by molar-refractivity contribution is -0.0490. The highest BCUT2D eigenvalue weighted by Crippen LogP contribution is 2.42. The summed E-state index contributed by atoms with van der Waals surface area (Å²) in [4.78, 5) is 0. The molecule has 0 saturated heterocycles. The number of hydrogen-bond donors (Lipinski definition) is 1. The van der Waals surface area contributed by atoms with E-state index in [0.717, 1.165) is 37.7 Å². The van der Waals surface area contributed by atoms with E-state index in [9.17, 15) is 5.11 Å². The second-order valence-electron chi connectivity index (χ2n) is 10.5. The molecule has 2 aliphatic rings. The lowest BCUT2D eigenvalue weighted by atomic mass is 9.90. The highest BCUT2D eigenvalue weighted by atomic mass is 16.5. The van der Waals surface area contributed by atoms with Gasteiger partial charge in [-0.2, -0.15) is 0 Å². The third kappa shape index (κ3) is 8.58. The van der Waals surface area contributed by atoms with Gasteiger partial charge in [-0.25, -0.2) is 0 Å². The maximum Gasteiger partial charge on any atom is 0.121 e. The molecule has 188 valence electrons. The van der Waals surface area contributed by atoms with Crippen LogP contribution in [0.4, 0.5) is 0 Å². The summed E-state index contributed by atoms with van der Waals surface area (Å²) in [5.41, 5.74) is 2.21. The van der Waals surface area contributed by atoms with E-state index in [1.807, 2.05) is 12.1 Å². The number of phenols is 1. The van der Waals surface area contributed by atoms with E-state index >= 15 is 0 Å². The predicted molar refractivity (Wildman–Crippen MR) is 138 cm³/mol. The minimum Gasteiger partial charge on any atom is -0.508 e. The van der Waals surface area contributed by atoms with Gasteiger partial charge < -0.3 is 14.6 Å². The Morgan fingerprint density at radius 3 is 1.79 bits per heavy atom. The van der Waals surface area contributed by atoms with Crippen LogP contribution in [-0.4, -0.2) is 17.3 Å². The molecular weight excluding hydrogens is 408 g/mol. The van der Waals surface area contributed by atoms with Crippen molar-refractivity contribution in [2.75, 3.05) is 0 Å². The molecule has 1 aromatic rings. The van der Waals surface area contributed by atoms with Gasteiger partial charge in [-0.1, -0.05) is 103 Å². The minimum absolute atomic E-state index is 0.0283. The van der Waals surface area contributed by atoms with E-state index in [4.69, 9.17) is 9.47 Å². The molecule has 0 heterocycles. The molecule has 2 aliphatic carbocycles. The third-order valence-electron chi connectivity index (χ3n) is 7.74. The van der Waals surface area contributed by atoms with Crippen LogP contribution < -0.4 is 0 Å². The van der Waals surface area contributed by atoms with E-state index in [1.165, 1.54) is 89.0 Å². The van der Waals surface area contributed by atoms with E-state index in [2.05, 4.69) is 19.9 Å². The summed E-state index contributed by atoms with van der Waals surface area (Å²) in [6.07, 6.45) is 22.4. The number of aromatic hydroxyl groups is 1. The summed E-state index contributed by atoms with van der Waals surface area (Å²) < 4.78 is 13.6. The smallest absolute Gasteiger partial charge is 0.121 e. The molecule has 0 aliphatic heterocycles. The van der Waals surface area contributed by atoms with Gasteiger partial charge in [0.25, 0.3) is 0 Å². The van der Waals surface area contributed by atoms with Gasteiger partial charge in [0.15, 0.2) is 0 Å². The van der Waals surface area contributed by atoms with Crippen molar-refractivity contribution < 1.29 is 14.6 Å². The molecule has 2 saturated carbocycles. The van der Waals surface area contributed by atoms with Crippen LogP contribution in [0.1, 0.15) is 153 Å². The summed E-state index contributed by atoms with van der Waals surface area (Å²) in [6, 6.07) is 6.08. The molecular formula is C30H50O3. The summed E-state index contributed by atoms with van der Waals surface area (Å²) in [6.45, 7) is 4.52. The van der Waals surface area contributed by atoms with Gasteiger partial charge in [0.1, 0.15) is 5.75 Å². The zero-order chi connectivity index (χ0) is 23.3. The molecule has 33 heavy (non-hydrogen) atoms. The monoisotopic (exact) mass is 458 g/mol. The number of unbranched alkanes of at least 4 members (excludes halogenated alkanes) is 4. The van der Waals surface area contributed by atoms with Crippen molar-refractivity contribution in [3.05, 3.63) is 29.3 Å². The number of rotatable bonds is 14. The van der Waals surface area contributed by atoms with Crippen molar-refractivity contribution in [1.29, 1.82) is 0 Å². The molecule has 3 heteroatoms. The zero-order valence-electron chi connectivity index (χ0n) is 21.5. The molecule has 3 rings (SSSR count). The second kappa shape index (κ2) is 15.0. The molecule has 2 unspecified atom stereocenters. The Morgan fingerprint density at radius 2 is 1.24 bits per heavy atom. The van der Waals surface area contributed by atoms with Crippen LogP contribution in [0, 0.1) is 0 Å². The van der Waals surface area contributed by atoms with Crippen molar-refractivity contribution in [3.8, 4) is 5.75 Å². The number of hydrogen-bond acceptors (Lipinski definition) is 3. The molecule has 2 fully saturated rings. The lowest BCUT2D eigenvalue weighted by Crippen LogP contribution is -2.23. The summed E-state index contributed by atoms with van der Waals surface area (Å²) in [7, 11) is 0. The van der Waals surface area contributed by atoms with Crippen molar-refractivity contribution in [3.63, 3.8) is 0 Å². The van der Waals surface area contributed by atoms with Crippen LogP contribution in [0.2, 0.25) is 0 Å². The van der Waals surface area contributed by atoms with E-state index in [0.29, 0.717) is 18.0 Å². The Kier molecular flexibility index (Phi) is 12.1. The Balaban J connectivity index is 1.86. The molecule has 1 aromatic carbocycles. The largest absolute Gasteiger partial charge is 0.508 e. The summed E-state index contributed by atoms with van der Waals surface area (Å²) in [5, 5.41) is 11.1. The molecule has 1 N–H and O–H groups in total. The number of ether oxygens (including phenoxy) is 2. The molecule has 0 amide bonds. The van der Waals surface area contributed by atoms with E-state index in [1.54, 1.807) is 0 Å².